The largest absolute Gasteiger partial charge is 0.253 e. The van der Waals surface area contributed by atoms with Gasteiger partial charge < -0.3 is 0 Å². The Labute approximate surface area is 49.0 Å². The predicted octanol–water partition coefficient (Wildman–Crippen LogP) is 0.302. The maximum Gasteiger partial charge on any atom is 0.204 e. The van der Waals surface area contributed by atoms with Crippen molar-refractivity contribution in [3.05, 3.63) is 12.0 Å². The molecule has 3 nitrogen and oxygen atoms in total. The number of hydrogen-bond acceptors (Lipinski definition) is 3. The summed E-state index contributed by atoms with van der Waals surface area (Å²) in [5.74, 6) is -1.05. The summed E-state index contributed by atoms with van der Waals surface area (Å²) in [4.78, 5) is 0. The number of halogens is 3. The van der Waals surface area contributed by atoms with Gasteiger partial charge in [0.15, 0.2) is 6.30 Å². The summed E-state index contributed by atoms with van der Waals surface area (Å²) < 4.78 is 35.6. The van der Waals surface area contributed by atoms with Gasteiger partial charge in [-0.15, -0.1) is 0 Å². The van der Waals surface area contributed by atoms with Gasteiger partial charge in [0.05, 0.1) is 0 Å². The number of nitrogens with one attached hydrogen (secondary N) is 2. The highest BCUT2D eigenvalue weighted by atomic mass is 19.2. The van der Waals surface area contributed by atoms with E-state index in [2.05, 4.69) is 0 Å². The van der Waals surface area contributed by atoms with Crippen LogP contribution in [0.1, 0.15) is 0 Å². The summed E-state index contributed by atoms with van der Waals surface area (Å²) in [6, 6.07) is 0. The zero-order valence-corrected chi connectivity index (χ0v) is 4.24. The van der Waals surface area contributed by atoms with E-state index < -0.39 is 12.2 Å². The molecule has 9 heavy (non-hydrogen) atoms. The predicted molar refractivity (Wildman–Crippen MR) is 23.3 cm³/mol. The van der Waals surface area contributed by atoms with Crippen LogP contribution in [0.2, 0.25) is 0 Å². The van der Waals surface area contributed by atoms with E-state index in [4.69, 9.17) is 0 Å². The van der Waals surface area contributed by atoms with E-state index in [1.807, 2.05) is 0 Å². The van der Waals surface area contributed by atoms with Crippen LogP contribution in [0.15, 0.2) is 12.0 Å². The lowest BCUT2D eigenvalue weighted by Crippen LogP contribution is -2.48. The Bertz CT molecular complexity index is 136. The number of hydrazine groups is 2. The van der Waals surface area contributed by atoms with Crippen LogP contribution in [0.4, 0.5) is 13.3 Å². The van der Waals surface area contributed by atoms with Gasteiger partial charge in [-0.05, 0) is 0 Å². The van der Waals surface area contributed by atoms with Gasteiger partial charge in [0, 0.05) is 11.4 Å². The van der Waals surface area contributed by atoms with Crippen molar-refractivity contribution in [3.63, 3.8) is 0 Å². The number of alkyl halides is 1. The monoisotopic (exact) mass is 139 g/mol. The molecule has 1 heterocycles. The molecule has 0 saturated heterocycles. The fourth-order valence-corrected chi connectivity index (χ4v) is 0.437. The lowest BCUT2D eigenvalue weighted by Gasteiger charge is -2.19. The van der Waals surface area contributed by atoms with Crippen LogP contribution in [-0.4, -0.2) is 11.6 Å². The van der Waals surface area contributed by atoms with E-state index in [9.17, 15) is 13.3 Å². The molecule has 1 unspecified atom stereocenters. The maximum atomic E-state index is 11.9. The summed E-state index contributed by atoms with van der Waals surface area (Å²) in [5.41, 5.74) is 3.10. The Balaban J connectivity index is 2.56. The van der Waals surface area contributed by atoms with Crippen molar-refractivity contribution in [2.75, 3.05) is 0 Å². The van der Waals surface area contributed by atoms with Crippen molar-refractivity contribution in [3.8, 4) is 0 Å². The Kier molecular flexibility index (Phi) is 1.58. The van der Waals surface area contributed by atoms with Crippen LogP contribution in [0.3, 0.4) is 0 Å². The highest BCUT2D eigenvalue weighted by molar-refractivity contribution is 4.94. The van der Waals surface area contributed by atoms with E-state index in [1.54, 1.807) is 5.43 Å². The van der Waals surface area contributed by atoms with Crippen molar-refractivity contribution in [2.24, 2.45) is 0 Å². The van der Waals surface area contributed by atoms with Crippen LogP contribution in [0, 0.1) is 0 Å². The van der Waals surface area contributed by atoms with E-state index in [1.165, 1.54) is 5.43 Å². The van der Waals surface area contributed by atoms with Crippen LogP contribution < -0.4 is 10.9 Å². The molecule has 0 aliphatic carbocycles. The zero-order chi connectivity index (χ0) is 6.85. The normalized spacial score (nSPS) is 29.2. The number of hydrogen-bond donors (Lipinski definition) is 2. The molecular weight excluding hydrogens is 135 g/mol. The third-order valence-electron chi connectivity index (χ3n) is 0.734. The first kappa shape index (κ1) is 6.37. The van der Waals surface area contributed by atoms with Crippen molar-refractivity contribution in [2.45, 2.75) is 6.30 Å². The van der Waals surface area contributed by atoms with Gasteiger partial charge in [0.2, 0.25) is 5.95 Å². The summed E-state index contributed by atoms with van der Waals surface area (Å²) in [7, 11) is 0. The first-order valence-electron chi connectivity index (χ1n) is 2.18. The van der Waals surface area contributed by atoms with Crippen LogP contribution in [-0.2, 0) is 0 Å². The molecule has 1 aliphatic rings. The first-order valence-corrected chi connectivity index (χ1v) is 2.18. The molecule has 0 spiro atoms. The quantitative estimate of drug-likeness (QED) is 0.373. The molecular formula is C3H4F3N3. The molecule has 0 aromatic rings. The minimum absolute atomic E-state index is 0.389. The van der Waals surface area contributed by atoms with Crippen molar-refractivity contribution < 1.29 is 13.3 Å². The van der Waals surface area contributed by atoms with Gasteiger partial charge >= 0.3 is 0 Å². The molecule has 0 amide bonds. The second-order valence-electron chi connectivity index (χ2n) is 1.44. The van der Waals surface area contributed by atoms with Gasteiger partial charge in [-0.2, -0.15) is 9.82 Å². The molecule has 1 atom stereocenters. The van der Waals surface area contributed by atoms with E-state index in [0.717, 1.165) is 0 Å². The molecule has 0 fully saturated rings. The minimum Gasteiger partial charge on any atom is -0.253 e. The first-order chi connectivity index (χ1) is 4.18. The highest BCUT2D eigenvalue weighted by Crippen LogP contribution is 2.03. The van der Waals surface area contributed by atoms with Crippen molar-refractivity contribution in [1.82, 2.24) is 16.2 Å². The van der Waals surface area contributed by atoms with Gasteiger partial charge in [-0.25, -0.2) is 4.39 Å². The third kappa shape index (κ3) is 1.58. The van der Waals surface area contributed by atoms with Gasteiger partial charge in [0.1, 0.15) is 0 Å². The summed E-state index contributed by atoms with van der Waals surface area (Å²) in [6.45, 7) is 0. The summed E-state index contributed by atoms with van der Waals surface area (Å²) in [5, 5.41) is -0.389. The molecule has 1 aliphatic heterocycles. The molecule has 0 aromatic carbocycles. The Morgan fingerprint density at radius 1 is 1.67 bits per heavy atom. The smallest absolute Gasteiger partial charge is 0.204 e. The standard InChI is InChI=1S/C3H4F3N3/c4-2-1-3(5)8-9(6)7-2/h1-2,7-8H. The van der Waals surface area contributed by atoms with Crippen LogP contribution >= 0.6 is 0 Å². The molecule has 0 saturated carbocycles. The molecule has 0 radical (unpaired) electrons. The van der Waals surface area contributed by atoms with E-state index in [-0.39, 0.29) is 5.34 Å². The molecule has 2 N–H and O–H groups in total. The van der Waals surface area contributed by atoms with E-state index in [0.29, 0.717) is 6.08 Å². The highest BCUT2D eigenvalue weighted by Gasteiger charge is 2.16. The topological polar surface area (TPSA) is 27.3 Å². The van der Waals surface area contributed by atoms with Crippen molar-refractivity contribution >= 4 is 0 Å². The molecule has 52 valence electrons. The lowest BCUT2D eigenvalue weighted by atomic mass is 10.5. The summed E-state index contributed by atoms with van der Waals surface area (Å²) >= 11 is 0. The molecule has 0 aromatic heterocycles. The van der Waals surface area contributed by atoms with Gasteiger partial charge in [-0.1, -0.05) is 4.48 Å². The molecule has 0 bridgehead atoms. The fourth-order valence-electron chi connectivity index (χ4n) is 0.437. The van der Waals surface area contributed by atoms with Crippen LogP contribution in [0.25, 0.3) is 0 Å². The lowest BCUT2D eigenvalue weighted by molar-refractivity contribution is -0.113. The second kappa shape index (κ2) is 2.24. The van der Waals surface area contributed by atoms with E-state index >= 15 is 0 Å². The Hall–Kier alpha value is -0.750. The average molecular weight is 139 g/mol. The molecule has 1 rings (SSSR count). The molecule has 6 heteroatoms. The second-order valence-corrected chi connectivity index (χ2v) is 1.44. The third-order valence-corrected chi connectivity index (χ3v) is 0.734. The zero-order valence-electron chi connectivity index (χ0n) is 4.24. The van der Waals surface area contributed by atoms with Crippen LogP contribution in [0.5, 0.6) is 0 Å². The van der Waals surface area contributed by atoms with Crippen molar-refractivity contribution in [1.29, 1.82) is 0 Å². The number of nitrogens with zero attached hydrogens (tertiary/aromatic N) is 1. The van der Waals surface area contributed by atoms with Gasteiger partial charge in [0.25, 0.3) is 0 Å². The maximum absolute atomic E-state index is 11.9. The number of rotatable bonds is 0. The average Bonchev–Trinajstić information content (AvgIpc) is 1.59. The summed E-state index contributed by atoms with van der Waals surface area (Å²) in [6.07, 6.45) is -1.24. The van der Waals surface area contributed by atoms with Gasteiger partial charge in [-0.3, -0.25) is 5.43 Å². The SMILES string of the molecule is FC1=CC(F)NN(F)N1. The Morgan fingerprint density at radius 3 is 2.78 bits per heavy atom. The fraction of sp³-hybridized carbons (Fsp3) is 0.333. The minimum atomic E-state index is -1.81. The Morgan fingerprint density at radius 2 is 2.33 bits per heavy atom.